The van der Waals surface area contributed by atoms with Crippen LogP contribution in [0.3, 0.4) is 0 Å². The first-order valence-electron chi connectivity index (χ1n) is 12.3. The third-order valence-corrected chi connectivity index (χ3v) is 8.49. The molecule has 2 aromatic carbocycles. The molecule has 1 heterocycles. The molecule has 4 saturated carbocycles. The number of ether oxygens (including phenoxy) is 1. The van der Waals surface area contributed by atoms with Crippen LogP contribution in [-0.2, 0) is 29.2 Å². The number of halogens is 2. The van der Waals surface area contributed by atoms with Gasteiger partial charge in [0.05, 0.1) is 6.54 Å². The molecule has 8 heteroatoms. The van der Waals surface area contributed by atoms with Crippen molar-refractivity contribution in [3.05, 3.63) is 70.8 Å². The maximum Gasteiger partial charge on any atom is 0.407 e. The van der Waals surface area contributed by atoms with Gasteiger partial charge < -0.3 is 20.3 Å². The van der Waals surface area contributed by atoms with Gasteiger partial charge in [0, 0.05) is 49.1 Å². The van der Waals surface area contributed by atoms with Gasteiger partial charge in [0.25, 0.3) is 0 Å². The summed E-state index contributed by atoms with van der Waals surface area (Å²) in [6.45, 7) is 1.51. The van der Waals surface area contributed by atoms with Crippen LogP contribution in [0.5, 0.6) is 0 Å². The number of hydrogen-bond donors (Lipinski definition) is 2. The third kappa shape index (κ3) is 4.07. The van der Waals surface area contributed by atoms with Gasteiger partial charge in [-0.1, -0.05) is 30.3 Å². The van der Waals surface area contributed by atoms with E-state index in [1.807, 2.05) is 17.0 Å². The molecule has 35 heavy (non-hydrogen) atoms. The summed E-state index contributed by atoms with van der Waals surface area (Å²) in [6.07, 6.45) is 3.84. The molecule has 1 aliphatic heterocycles. The molecule has 4 unspecified atom stereocenters. The number of hydrogen-bond acceptors (Lipinski definition) is 4. The van der Waals surface area contributed by atoms with Crippen molar-refractivity contribution < 1.29 is 23.1 Å². The van der Waals surface area contributed by atoms with Crippen molar-refractivity contribution in [1.82, 2.24) is 15.5 Å². The molecule has 4 aliphatic carbocycles. The van der Waals surface area contributed by atoms with Crippen molar-refractivity contribution in [1.29, 1.82) is 0 Å². The smallest absolute Gasteiger partial charge is 0.407 e. The van der Waals surface area contributed by atoms with Crippen molar-refractivity contribution >= 4 is 12.0 Å². The SMILES string of the molecule is O=C(NCc1ccc(F)cc1F)OC12CC3CC1CC(NCC(=O)N1Cc4ccccc4C1)(C3)C2. The first kappa shape index (κ1) is 22.5. The minimum Gasteiger partial charge on any atom is -0.443 e. The molecule has 4 fully saturated rings. The van der Waals surface area contributed by atoms with Gasteiger partial charge in [0.1, 0.15) is 17.2 Å². The number of nitrogens with one attached hydrogen (secondary N) is 2. The topological polar surface area (TPSA) is 70.7 Å². The van der Waals surface area contributed by atoms with Crippen molar-refractivity contribution in [3.63, 3.8) is 0 Å². The van der Waals surface area contributed by atoms with E-state index < -0.39 is 23.3 Å². The zero-order chi connectivity index (χ0) is 24.2. The van der Waals surface area contributed by atoms with E-state index in [0.717, 1.165) is 31.7 Å². The highest BCUT2D eigenvalue weighted by Crippen LogP contribution is 2.63. The minimum atomic E-state index is -0.696. The number of alkyl carbamates (subject to hydrolysis) is 1. The Labute approximate surface area is 203 Å². The second-order valence-corrected chi connectivity index (χ2v) is 10.8. The Morgan fingerprint density at radius 2 is 1.83 bits per heavy atom. The van der Waals surface area contributed by atoms with Crippen LogP contribution < -0.4 is 10.6 Å². The van der Waals surface area contributed by atoms with Gasteiger partial charge >= 0.3 is 6.09 Å². The molecule has 0 spiro atoms. The van der Waals surface area contributed by atoms with Crippen LogP contribution in [0.1, 0.15) is 48.8 Å². The number of benzene rings is 2. The van der Waals surface area contributed by atoms with Gasteiger partial charge in [-0.05, 0) is 48.8 Å². The van der Waals surface area contributed by atoms with E-state index in [9.17, 15) is 18.4 Å². The van der Waals surface area contributed by atoms with Crippen LogP contribution in [0.25, 0.3) is 0 Å². The normalized spacial score (nSPS) is 29.9. The molecule has 4 atom stereocenters. The number of rotatable bonds is 6. The molecule has 0 saturated heterocycles. The number of carbonyl (C=O) groups is 2. The molecule has 2 aromatic rings. The van der Waals surface area contributed by atoms with Crippen LogP contribution in [0, 0.1) is 23.5 Å². The molecule has 0 radical (unpaired) electrons. The van der Waals surface area contributed by atoms with Gasteiger partial charge in [-0.3, -0.25) is 4.79 Å². The largest absolute Gasteiger partial charge is 0.443 e. The molecule has 6 nitrogen and oxygen atoms in total. The predicted molar refractivity (Wildman–Crippen MR) is 124 cm³/mol. The van der Waals surface area contributed by atoms with Crippen molar-refractivity contribution in [2.75, 3.05) is 6.54 Å². The number of carbonyl (C=O) groups excluding carboxylic acids is 2. The Bertz CT molecular complexity index is 1170. The fourth-order valence-corrected chi connectivity index (χ4v) is 7.13. The van der Waals surface area contributed by atoms with E-state index in [1.165, 1.54) is 23.3 Å². The summed E-state index contributed by atoms with van der Waals surface area (Å²) < 4.78 is 33.0. The van der Waals surface area contributed by atoms with Gasteiger partial charge in [-0.25, -0.2) is 13.6 Å². The van der Waals surface area contributed by atoms with Crippen LogP contribution in [0.4, 0.5) is 13.6 Å². The Kier molecular flexibility index (Phi) is 5.32. The lowest BCUT2D eigenvalue weighted by Crippen LogP contribution is -2.53. The highest BCUT2D eigenvalue weighted by Gasteiger charge is 2.66. The quantitative estimate of drug-likeness (QED) is 0.654. The van der Waals surface area contributed by atoms with Crippen LogP contribution in [-0.4, -0.2) is 34.6 Å². The molecular formula is C27H29F2N3O3. The second kappa shape index (κ2) is 8.29. The Hall–Kier alpha value is -3.00. The number of amides is 2. The second-order valence-electron chi connectivity index (χ2n) is 10.8. The summed E-state index contributed by atoms with van der Waals surface area (Å²) in [6, 6.07) is 11.4. The lowest BCUT2D eigenvalue weighted by molar-refractivity contribution is -0.131. The number of fused-ring (bicyclic) bond motifs is 1. The van der Waals surface area contributed by atoms with Gasteiger partial charge in [-0.2, -0.15) is 0 Å². The highest BCUT2D eigenvalue weighted by atomic mass is 19.1. The van der Waals surface area contributed by atoms with Crippen LogP contribution in [0.2, 0.25) is 0 Å². The van der Waals surface area contributed by atoms with Crippen molar-refractivity contribution in [2.45, 2.75) is 62.9 Å². The average Bonchev–Trinajstić information content (AvgIpc) is 3.42. The lowest BCUT2D eigenvalue weighted by Gasteiger charge is -2.41. The van der Waals surface area contributed by atoms with Gasteiger partial charge in [-0.15, -0.1) is 0 Å². The molecular weight excluding hydrogens is 452 g/mol. The minimum absolute atomic E-state index is 0.0642. The summed E-state index contributed by atoms with van der Waals surface area (Å²) in [7, 11) is 0. The molecule has 184 valence electrons. The standard InChI is InChI=1S/C27H29F2N3O3/c28-22-6-5-18(23(29)8-22)12-30-25(34)35-27-10-17-7-21(27)11-26(9-17,16-27)31-13-24(33)32-14-19-3-1-2-4-20(19)15-32/h1-6,8,17,21,31H,7,9-16H2,(H,30,34). The summed E-state index contributed by atoms with van der Waals surface area (Å²) in [5, 5.41) is 6.20. The zero-order valence-corrected chi connectivity index (χ0v) is 19.5. The maximum atomic E-state index is 13.9. The van der Waals surface area contributed by atoms with Crippen LogP contribution >= 0.6 is 0 Å². The monoisotopic (exact) mass is 481 g/mol. The average molecular weight is 482 g/mol. The van der Waals surface area contributed by atoms with E-state index in [1.54, 1.807) is 0 Å². The molecule has 4 bridgehead atoms. The summed E-state index contributed by atoms with van der Waals surface area (Å²) in [4.78, 5) is 27.5. The van der Waals surface area contributed by atoms with E-state index >= 15 is 0 Å². The highest BCUT2D eigenvalue weighted by molar-refractivity contribution is 5.79. The van der Waals surface area contributed by atoms with Crippen LogP contribution in [0.15, 0.2) is 42.5 Å². The Balaban J connectivity index is 1.06. The van der Waals surface area contributed by atoms with E-state index in [4.69, 9.17) is 4.74 Å². The predicted octanol–water partition coefficient (Wildman–Crippen LogP) is 4.02. The van der Waals surface area contributed by atoms with E-state index in [2.05, 4.69) is 22.8 Å². The van der Waals surface area contributed by atoms with Crippen molar-refractivity contribution in [3.8, 4) is 0 Å². The molecule has 5 aliphatic rings. The van der Waals surface area contributed by atoms with E-state index in [0.29, 0.717) is 25.4 Å². The molecule has 7 rings (SSSR count). The fourth-order valence-electron chi connectivity index (χ4n) is 7.13. The van der Waals surface area contributed by atoms with E-state index in [-0.39, 0.29) is 36.0 Å². The summed E-state index contributed by atoms with van der Waals surface area (Å²) in [5.74, 6) is -0.542. The fraction of sp³-hybridized carbons (Fsp3) is 0.481. The summed E-state index contributed by atoms with van der Waals surface area (Å²) in [5.41, 5.74) is 1.88. The molecule has 0 aromatic heterocycles. The molecule has 2 N–H and O–H groups in total. The summed E-state index contributed by atoms with van der Waals surface area (Å²) >= 11 is 0. The Morgan fingerprint density at radius 1 is 1.06 bits per heavy atom. The molecule has 2 amide bonds. The third-order valence-electron chi connectivity index (χ3n) is 8.49. The Morgan fingerprint density at radius 3 is 2.57 bits per heavy atom. The zero-order valence-electron chi connectivity index (χ0n) is 19.5. The lowest BCUT2D eigenvalue weighted by atomic mass is 9.75. The van der Waals surface area contributed by atoms with Crippen molar-refractivity contribution in [2.24, 2.45) is 11.8 Å². The first-order valence-corrected chi connectivity index (χ1v) is 12.3. The maximum absolute atomic E-state index is 13.9. The first-order chi connectivity index (χ1) is 16.8. The van der Waals surface area contributed by atoms with Gasteiger partial charge in [0.2, 0.25) is 5.91 Å². The van der Waals surface area contributed by atoms with Gasteiger partial charge in [0.15, 0.2) is 0 Å². The number of nitrogens with zero attached hydrogens (tertiary/aromatic N) is 1.